The molecule has 1 aliphatic heterocycles. The van der Waals surface area contributed by atoms with Crippen molar-refractivity contribution >= 4 is 21.9 Å². The van der Waals surface area contributed by atoms with Crippen molar-refractivity contribution in [2.45, 2.75) is 51.0 Å². The van der Waals surface area contributed by atoms with Crippen LogP contribution in [0.15, 0.2) is 15.4 Å². The van der Waals surface area contributed by atoms with Gasteiger partial charge in [0.2, 0.25) is 10.0 Å². The van der Waals surface area contributed by atoms with Gasteiger partial charge in [0.15, 0.2) is 5.76 Å². The van der Waals surface area contributed by atoms with Gasteiger partial charge in [-0.15, -0.1) is 0 Å². The summed E-state index contributed by atoms with van der Waals surface area (Å²) >= 11 is 0. The highest BCUT2D eigenvalue weighted by Crippen LogP contribution is 2.26. The van der Waals surface area contributed by atoms with E-state index in [0.29, 0.717) is 19.5 Å². The number of carbonyl (C=O) groups is 2. The smallest absolute Gasteiger partial charge is 0.326 e. The second-order valence-electron chi connectivity index (χ2n) is 6.32. The van der Waals surface area contributed by atoms with Gasteiger partial charge in [0, 0.05) is 19.2 Å². The van der Waals surface area contributed by atoms with E-state index in [1.807, 2.05) is 6.92 Å². The standard InChI is InChI=1S/C16H24N2O6S/c1-4-10(2)14(16(20)21)17-15(19)12-9-13(11(3)24-12)25(22,23)18-7-5-6-8-18/h9-10,14H,4-8H2,1-3H3,(H,17,19)(H,20,21)/t10-,14-/m0/s1. The molecular formula is C16H24N2O6S. The summed E-state index contributed by atoms with van der Waals surface area (Å²) in [5.74, 6) is -2.24. The first kappa shape index (κ1) is 19.5. The van der Waals surface area contributed by atoms with Crippen LogP contribution in [-0.2, 0) is 14.8 Å². The Hall–Kier alpha value is -1.87. The number of amides is 1. The molecule has 1 aromatic rings. The van der Waals surface area contributed by atoms with Gasteiger partial charge in [0.05, 0.1) is 0 Å². The van der Waals surface area contributed by atoms with Crippen molar-refractivity contribution in [1.29, 1.82) is 0 Å². The van der Waals surface area contributed by atoms with Crippen LogP contribution in [0.2, 0.25) is 0 Å². The Bertz CT molecular complexity index is 749. The number of sulfonamides is 1. The Labute approximate surface area is 147 Å². The summed E-state index contributed by atoms with van der Waals surface area (Å²) in [4.78, 5) is 23.6. The number of aryl methyl sites for hydroxylation is 1. The molecule has 1 aliphatic rings. The van der Waals surface area contributed by atoms with Crippen LogP contribution in [-0.4, -0.2) is 48.8 Å². The van der Waals surface area contributed by atoms with E-state index in [1.54, 1.807) is 6.92 Å². The molecule has 1 amide bonds. The van der Waals surface area contributed by atoms with Gasteiger partial charge in [-0.25, -0.2) is 13.2 Å². The summed E-state index contributed by atoms with van der Waals surface area (Å²) in [6.45, 7) is 5.91. The fraction of sp³-hybridized carbons (Fsp3) is 0.625. The molecule has 0 saturated carbocycles. The van der Waals surface area contributed by atoms with Crippen LogP contribution in [0, 0.1) is 12.8 Å². The minimum atomic E-state index is -3.70. The van der Waals surface area contributed by atoms with Crippen LogP contribution in [0.3, 0.4) is 0 Å². The molecule has 0 bridgehead atoms. The zero-order chi connectivity index (χ0) is 18.8. The first-order valence-corrected chi connectivity index (χ1v) is 9.76. The molecule has 0 aliphatic carbocycles. The van der Waals surface area contributed by atoms with Crippen molar-refractivity contribution in [1.82, 2.24) is 9.62 Å². The summed E-state index contributed by atoms with van der Waals surface area (Å²) < 4.78 is 31.9. The maximum absolute atomic E-state index is 12.6. The number of carboxylic acids is 1. The Morgan fingerprint density at radius 3 is 2.48 bits per heavy atom. The van der Waals surface area contributed by atoms with Gasteiger partial charge in [0.1, 0.15) is 16.7 Å². The molecule has 0 radical (unpaired) electrons. The van der Waals surface area contributed by atoms with Gasteiger partial charge in [-0.3, -0.25) is 4.79 Å². The molecule has 0 unspecified atom stereocenters. The first-order chi connectivity index (χ1) is 11.7. The monoisotopic (exact) mass is 372 g/mol. The molecule has 25 heavy (non-hydrogen) atoms. The number of furan rings is 1. The molecule has 9 heteroatoms. The number of aliphatic carboxylic acids is 1. The molecule has 2 N–H and O–H groups in total. The van der Waals surface area contributed by atoms with E-state index >= 15 is 0 Å². The minimum Gasteiger partial charge on any atom is -0.480 e. The van der Waals surface area contributed by atoms with E-state index in [2.05, 4.69) is 5.32 Å². The van der Waals surface area contributed by atoms with Crippen LogP contribution < -0.4 is 5.32 Å². The highest BCUT2D eigenvalue weighted by molar-refractivity contribution is 7.89. The topological polar surface area (TPSA) is 117 Å². The van der Waals surface area contributed by atoms with E-state index in [0.717, 1.165) is 12.8 Å². The quantitative estimate of drug-likeness (QED) is 0.751. The van der Waals surface area contributed by atoms with Crippen molar-refractivity contribution in [3.05, 3.63) is 17.6 Å². The highest BCUT2D eigenvalue weighted by atomic mass is 32.2. The van der Waals surface area contributed by atoms with Crippen molar-refractivity contribution in [2.75, 3.05) is 13.1 Å². The van der Waals surface area contributed by atoms with E-state index in [4.69, 9.17) is 4.42 Å². The molecule has 0 spiro atoms. The highest BCUT2D eigenvalue weighted by Gasteiger charge is 2.33. The van der Waals surface area contributed by atoms with Gasteiger partial charge in [0.25, 0.3) is 5.91 Å². The number of rotatable bonds is 7. The predicted molar refractivity (Wildman–Crippen MR) is 89.8 cm³/mol. The van der Waals surface area contributed by atoms with Gasteiger partial charge in [-0.05, 0) is 25.7 Å². The van der Waals surface area contributed by atoms with Crippen molar-refractivity contribution in [3.63, 3.8) is 0 Å². The van der Waals surface area contributed by atoms with Gasteiger partial charge in [-0.1, -0.05) is 20.3 Å². The number of hydrogen-bond donors (Lipinski definition) is 2. The number of hydrogen-bond acceptors (Lipinski definition) is 5. The molecule has 0 aromatic carbocycles. The molecule has 8 nitrogen and oxygen atoms in total. The Morgan fingerprint density at radius 1 is 1.36 bits per heavy atom. The summed E-state index contributed by atoms with van der Waals surface area (Å²) in [7, 11) is -3.70. The summed E-state index contributed by atoms with van der Waals surface area (Å²) in [6.07, 6.45) is 2.18. The zero-order valence-electron chi connectivity index (χ0n) is 14.6. The Kier molecular flexibility index (Phi) is 5.89. The third kappa shape index (κ3) is 4.04. The lowest BCUT2D eigenvalue weighted by molar-refractivity contribution is -0.140. The van der Waals surface area contributed by atoms with Crippen LogP contribution in [0.1, 0.15) is 49.4 Å². The summed E-state index contributed by atoms with van der Waals surface area (Å²) in [5.41, 5.74) is 0. The maximum atomic E-state index is 12.6. The van der Waals surface area contributed by atoms with Crippen molar-refractivity contribution in [3.8, 4) is 0 Å². The fourth-order valence-corrected chi connectivity index (χ4v) is 4.47. The molecule has 140 valence electrons. The first-order valence-electron chi connectivity index (χ1n) is 8.32. The van der Waals surface area contributed by atoms with Crippen LogP contribution in [0.4, 0.5) is 0 Å². The van der Waals surface area contributed by atoms with Crippen molar-refractivity contribution < 1.29 is 27.5 Å². The minimum absolute atomic E-state index is 0.0463. The SMILES string of the molecule is CC[C@H](C)[C@H](NC(=O)c1cc(S(=O)(=O)N2CCCC2)c(C)o1)C(=O)O. The largest absolute Gasteiger partial charge is 0.480 e. The lowest BCUT2D eigenvalue weighted by atomic mass is 9.99. The van der Waals surface area contributed by atoms with Gasteiger partial charge in [-0.2, -0.15) is 4.31 Å². The van der Waals surface area contributed by atoms with Crippen LogP contribution in [0.5, 0.6) is 0 Å². The average molecular weight is 372 g/mol. The number of nitrogens with zero attached hydrogens (tertiary/aromatic N) is 1. The molecule has 1 fully saturated rings. The predicted octanol–water partition coefficient (Wildman–Crippen LogP) is 1.60. The molecule has 1 aromatic heterocycles. The molecule has 2 heterocycles. The molecule has 2 rings (SSSR count). The normalized spacial score (nSPS) is 18.0. The second kappa shape index (κ2) is 7.57. The number of nitrogens with one attached hydrogen (secondary N) is 1. The van der Waals surface area contributed by atoms with Crippen LogP contribution >= 0.6 is 0 Å². The fourth-order valence-electron chi connectivity index (χ4n) is 2.80. The molecule has 1 saturated heterocycles. The van der Waals surface area contributed by atoms with Crippen molar-refractivity contribution in [2.24, 2.45) is 5.92 Å². The third-order valence-electron chi connectivity index (χ3n) is 4.54. The molecular weight excluding hydrogens is 348 g/mol. The van der Waals surface area contributed by atoms with E-state index in [1.165, 1.54) is 17.3 Å². The lowest BCUT2D eigenvalue weighted by Crippen LogP contribution is -2.44. The summed E-state index contributed by atoms with van der Waals surface area (Å²) in [5, 5.41) is 11.7. The lowest BCUT2D eigenvalue weighted by Gasteiger charge is -2.19. The van der Waals surface area contributed by atoms with Gasteiger partial charge < -0.3 is 14.8 Å². The molecule has 2 atom stereocenters. The Balaban J connectivity index is 2.24. The number of carboxylic acid groups (broad SMARTS) is 1. The average Bonchev–Trinajstić information content (AvgIpc) is 3.21. The third-order valence-corrected chi connectivity index (χ3v) is 6.55. The van der Waals surface area contributed by atoms with E-state index < -0.39 is 27.9 Å². The number of carbonyl (C=O) groups excluding carboxylic acids is 1. The second-order valence-corrected chi connectivity index (χ2v) is 8.22. The maximum Gasteiger partial charge on any atom is 0.326 e. The summed E-state index contributed by atoms with van der Waals surface area (Å²) in [6, 6.07) is 0.106. The van der Waals surface area contributed by atoms with Gasteiger partial charge >= 0.3 is 5.97 Å². The van der Waals surface area contributed by atoms with Crippen LogP contribution in [0.25, 0.3) is 0 Å². The zero-order valence-corrected chi connectivity index (χ0v) is 15.4. The van der Waals surface area contributed by atoms with E-state index in [9.17, 15) is 23.1 Å². The Morgan fingerprint density at radius 2 is 1.96 bits per heavy atom. The van der Waals surface area contributed by atoms with E-state index in [-0.39, 0.29) is 22.3 Å².